The third-order valence-electron chi connectivity index (χ3n) is 8.21. The minimum atomic E-state index is -0.980. The van der Waals surface area contributed by atoms with E-state index in [9.17, 15) is 13.2 Å². The molecule has 2 unspecified atom stereocenters. The first kappa shape index (κ1) is 28.5. The highest BCUT2D eigenvalue weighted by Gasteiger charge is 2.27. The van der Waals surface area contributed by atoms with E-state index in [0.717, 1.165) is 31.6 Å². The van der Waals surface area contributed by atoms with Gasteiger partial charge in [-0.15, -0.1) is 0 Å². The molecular weight excluding hydrogens is 492 g/mol. The third-order valence-corrected chi connectivity index (χ3v) is 8.21. The number of benzene rings is 2. The quantitative estimate of drug-likeness (QED) is 0.163. The average Bonchev–Trinajstić information content (AvgIpc) is 2.93. The first-order chi connectivity index (χ1) is 18.4. The monoisotopic (exact) mass is 532 g/mol. The molecule has 2 aliphatic rings. The van der Waals surface area contributed by atoms with Crippen molar-refractivity contribution in [2.24, 2.45) is 11.8 Å². The Bertz CT molecular complexity index is 1090. The van der Waals surface area contributed by atoms with Crippen molar-refractivity contribution < 1.29 is 27.0 Å². The fourth-order valence-corrected chi connectivity index (χ4v) is 5.86. The van der Waals surface area contributed by atoms with E-state index >= 15 is 4.39 Å². The molecule has 0 N–H and O–H groups in total. The van der Waals surface area contributed by atoms with E-state index in [4.69, 9.17) is 9.47 Å². The van der Waals surface area contributed by atoms with Gasteiger partial charge >= 0.3 is 0 Å². The van der Waals surface area contributed by atoms with Gasteiger partial charge in [-0.1, -0.05) is 70.2 Å². The molecule has 4 rings (SSSR count). The van der Waals surface area contributed by atoms with Gasteiger partial charge in [0.1, 0.15) is 0 Å². The Morgan fingerprint density at radius 3 is 1.66 bits per heavy atom. The summed E-state index contributed by atoms with van der Waals surface area (Å²) in [6.45, 7) is 4.95. The Morgan fingerprint density at radius 1 is 0.632 bits per heavy atom. The Morgan fingerprint density at radius 2 is 1.16 bits per heavy atom. The van der Waals surface area contributed by atoms with Gasteiger partial charge in [-0.3, -0.25) is 0 Å². The predicted octanol–water partition coefficient (Wildman–Crippen LogP) is 9.62. The Balaban J connectivity index is 1.37. The molecule has 0 heterocycles. The summed E-state index contributed by atoms with van der Waals surface area (Å²) in [5.74, 6) is -3.38. The summed E-state index contributed by atoms with van der Waals surface area (Å²) in [4.78, 5) is 0. The Hall–Kier alpha value is -2.50. The highest BCUT2D eigenvalue weighted by atomic mass is 19.2. The van der Waals surface area contributed by atoms with Crippen LogP contribution in [0.1, 0.15) is 101 Å². The summed E-state index contributed by atoms with van der Waals surface area (Å²) >= 11 is 0. The van der Waals surface area contributed by atoms with Crippen LogP contribution in [0.15, 0.2) is 36.4 Å². The van der Waals surface area contributed by atoms with Crippen molar-refractivity contribution in [3.05, 3.63) is 70.8 Å². The normalized spacial score (nSPS) is 23.4. The summed E-state index contributed by atoms with van der Waals surface area (Å²) < 4.78 is 70.3. The molecule has 0 spiro atoms. The van der Waals surface area contributed by atoms with Gasteiger partial charge in [0, 0.05) is 11.8 Å². The van der Waals surface area contributed by atoms with Gasteiger partial charge in [-0.05, 0) is 67.2 Å². The summed E-state index contributed by atoms with van der Waals surface area (Å²) in [6, 6.07) is 6.12. The highest BCUT2D eigenvalue weighted by molar-refractivity contribution is 5.39. The maximum atomic E-state index is 15.0. The van der Waals surface area contributed by atoms with Gasteiger partial charge in [0.05, 0.1) is 13.2 Å². The van der Waals surface area contributed by atoms with Crippen molar-refractivity contribution in [3.63, 3.8) is 0 Å². The van der Waals surface area contributed by atoms with Crippen LogP contribution < -0.4 is 9.47 Å². The lowest BCUT2D eigenvalue weighted by Gasteiger charge is -2.28. The maximum Gasteiger partial charge on any atom is 0.200 e. The van der Waals surface area contributed by atoms with Crippen LogP contribution in [-0.4, -0.2) is 13.2 Å². The molecule has 2 aromatic carbocycles. The SMILES string of the molecule is CCCCOc1ccc(C2C=CC(c3ccc(OCC4CCC(CCC)CC4)c(F)c3F)CC2)c(F)c1F. The first-order valence-electron chi connectivity index (χ1n) is 14.3. The van der Waals surface area contributed by atoms with Crippen molar-refractivity contribution in [2.75, 3.05) is 13.2 Å². The van der Waals surface area contributed by atoms with E-state index in [2.05, 4.69) is 6.92 Å². The van der Waals surface area contributed by atoms with Crippen molar-refractivity contribution in [3.8, 4) is 11.5 Å². The summed E-state index contributed by atoms with van der Waals surface area (Å²) in [5, 5.41) is 0. The molecule has 6 heteroatoms. The largest absolute Gasteiger partial charge is 0.490 e. The minimum Gasteiger partial charge on any atom is -0.490 e. The van der Waals surface area contributed by atoms with Crippen LogP contribution in [0.25, 0.3) is 0 Å². The van der Waals surface area contributed by atoms with Crippen molar-refractivity contribution in [1.29, 1.82) is 0 Å². The molecule has 2 nitrogen and oxygen atoms in total. The second-order valence-electron chi connectivity index (χ2n) is 10.9. The standard InChI is InChI=1S/C32H40F4O2/c1-3-5-19-37-27-17-15-25(29(33)31(27)35)23-11-13-24(14-12-23)26-16-18-28(32(36)30(26)34)38-20-22-9-7-21(6-4-2)8-10-22/h11,13,15-18,21-24H,3-10,12,14,19-20H2,1-2H3. The molecule has 2 aromatic rings. The molecule has 1 saturated carbocycles. The minimum absolute atomic E-state index is 0.0432. The predicted molar refractivity (Wildman–Crippen MR) is 143 cm³/mol. The van der Waals surface area contributed by atoms with Crippen LogP contribution in [0.3, 0.4) is 0 Å². The number of hydrogen-bond donors (Lipinski definition) is 0. The average molecular weight is 533 g/mol. The fraction of sp³-hybridized carbons (Fsp3) is 0.562. The molecule has 2 aliphatic carbocycles. The number of ether oxygens (including phenoxy) is 2. The molecule has 0 amide bonds. The molecule has 0 aliphatic heterocycles. The maximum absolute atomic E-state index is 15.0. The molecule has 2 atom stereocenters. The van der Waals surface area contributed by atoms with E-state index in [1.165, 1.54) is 37.8 Å². The lowest BCUT2D eigenvalue weighted by Crippen LogP contribution is -2.20. The lowest BCUT2D eigenvalue weighted by molar-refractivity contribution is 0.173. The zero-order valence-electron chi connectivity index (χ0n) is 22.6. The zero-order chi connectivity index (χ0) is 27.1. The molecule has 1 fully saturated rings. The van der Waals surface area contributed by atoms with Gasteiger partial charge in [0.25, 0.3) is 0 Å². The van der Waals surface area contributed by atoms with E-state index in [0.29, 0.717) is 32.0 Å². The molecule has 0 radical (unpaired) electrons. The fourth-order valence-electron chi connectivity index (χ4n) is 5.86. The number of hydrogen-bond acceptors (Lipinski definition) is 2. The van der Waals surface area contributed by atoms with Gasteiger partial charge in [0.2, 0.25) is 11.6 Å². The van der Waals surface area contributed by atoms with Crippen molar-refractivity contribution in [1.82, 2.24) is 0 Å². The Kier molecular flexibility index (Phi) is 10.1. The van der Waals surface area contributed by atoms with Gasteiger partial charge in [-0.2, -0.15) is 8.78 Å². The summed E-state index contributed by atoms with van der Waals surface area (Å²) in [6.07, 6.45) is 13.2. The number of allylic oxidation sites excluding steroid dienone is 2. The molecular formula is C32H40F4O2. The summed E-state index contributed by atoms with van der Waals surface area (Å²) in [7, 11) is 0. The van der Waals surface area contributed by atoms with E-state index in [1.807, 2.05) is 6.92 Å². The van der Waals surface area contributed by atoms with Gasteiger partial charge < -0.3 is 9.47 Å². The molecule has 38 heavy (non-hydrogen) atoms. The smallest absolute Gasteiger partial charge is 0.200 e. The van der Waals surface area contributed by atoms with Crippen LogP contribution in [0.2, 0.25) is 0 Å². The van der Waals surface area contributed by atoms with Crippen LogP contribution in [-0.2, 0) is 0 Å². The lowest BCUT2D eigenvalue weighted by atomic mass is 9.80. The second-order valence-corrected chi connectivity index (χ2v) is 10.9. The van der Waals surface area contributed by atoms with Gasteiger partial charge in [0.15, 0.2) is 23.1 Å². The van der Waals surface area contributed by atoms with Crippen molar-refractivity contribution >= 4 is 0 Å². The Labute approximate surface area is 224 Å². The van der Waals surface area contributed by atoms with Gasteiger partial charge in [-0.25, -0.2) is 8.78 Å². The molecule has 0 saturated heterocycles. The molecule has 0 bridgehead atoms. The summed E-state index contributed by atoms with van der Waals surface area (Å²) in [5.41, 5.74) is 0.509. The van der Waals surface area contributed by atoms with Crippen LogP contribution in [0.4, 0.5) is 17.6 Å². The molecule has 0 aromatic heterocycles. The van der Waals surface area contributed by atoms with E-state index < -0.39 is 23.3 Å². The van der Waals surface area contributed by atoms with Crippen molar-refractivity contribution in [2.45, 2.75) is 89.9 Å². The highest BCUT2D eigenvalue weighted by Crippen LogP contribution is 2.40. The number of rotatable bonds is 11. The third kappa shape index (κ3) is 6.73. The van der Waals surface area contributed by atoms with Crippen LogP contribution >= 0.6 is 0 Å². The number of unbranched alkanes of at least 4 members (excludes halogenated alkanes) is 1. The number of halogens is 4. The van der Waals surface area contributed by atoms with E-state index in [-0.39, 0.29) is 34.5 Å². The second kappa shape index (κ2) is 13.5. The zero-order valence-corrected chi connectivity index (χ0v) is 22.6. The first-order valence-corrected chi connectivity index (χ1v) is 14.3. The van der Waals surface area contributed by atoms with E-state index in [1.54, 1.807) is 24.3 Å². The topological polar surface area (TPSA) is 18.5 Å². The molecule has 208 valence electrons. The van der Waals surface area contributed by atoms with Crippen LogP contribution in [0.5, 0.6) is 11.5 Å². The van der Waals surface area contributed by atoms with Crippen LogP contribution in [0, 0.1) is 35.1 Å².